The highest BCUT2D eigenvalue weighted by Crippen LogP contribution is 2.40. The van der Waals surface area contributed by atoms with Gasteiger partial charge in [-0.25, -0.2) is 13.6 Å². The maximum Gasteiger partial charge on any atom is 0.330 e. The van der Waals surface area contributed by atoms with Crippen molar-refractivity contribution in [3.05, 3.63) is 32.6 Å². The van der Waals surface area contributed by atoms with Crippen molar-refractivity contribution >= 4 is 22.6 Å². The van der Waals surface area contributed by atoms with Crippen molar-refractivity contribution in [1.82, 2.24) is 9.55 Å². The summed E-state index contributed by atoms with van der Waals surface area (Å²) in [7, 11) is 0. The van der Waals surface area contributed by atoms with Crippen LogP contribution in [0.4, 0.5) is 8.78 Å². The van der Waals surface area contributed by atoms with Crippen LogP contribution in [0, 0.1) is 6.92 Å². The summed E-state index contributed by atoms with van der Waals surface area (Å²) in [6, 6.07) is 0. The number of hydrogen-bond acceptors (Lipinski definition) is 3. The number of aromatic amines is 1. The number of hydrogen-bond donors (Lipinski definition) is 1. The van der Waals surface area contributed by atoms with Crippen molar-refractivity contribution in [3.8, 4) is 0 Å². The lowest BCUT2D eigenvalue weighted by Gasteiger charge is -2.19. The Labute approximate surface area is 114 Å². The molecule has 100 valence electrons. The molecule has 2 heterocycles. The van der Waals surface area contributed by atoms with Crippen LogP contribution in [0.3, 0.4) is 0 Å². The van der Waals surface area contributed by atoms with Gasteiger partial charge in [-0.2, -0.15) is 0 Å². The quantitative estimate of drug-likeness (QED) is 0.627. The molecule has 0 aromatic carbocycles. The number of H-pyrrole nitrogens is 1. The lowest BCUT2D eigenvalue weighted by Crippen LogP contribution is -2.35. The first-order valence-electron chi connectivity index (χ1n) is 5.26. The molecule has 3 atom stereocenters. The SMILES string of the molecule is Cc1cn([C@H]2C[C@H](F)[C@@](F)(CI)O2)c(=O)[nH]c1=O. The highest BCUT2D eigenvalue weighted by Gasteiger charge is 2.50. The largest absolute Gasteiger partial charge is 0.330 e. The van der Waals surface area contributed by atoms with Gasteiger partial charge in [-0.15, -0.1) is 0 Å². The van der Waals surface area contributed by atoms with Crippen LogP contribution in [0.25, 0.3) is 0 Å². The van der Waals surface area contributed by atoms with Crippen molar-refractivity contribution < 1.29 is 13.5 Å². The minimum atomic E-state index is -2.38. The van der Waals surface area contributed by atoms with Gasteiger partial charge < -0.3 is 4.74 Å². The highest BCUT2D eigenvalue weighted by atomic mass is 127. The van der Waals surface area contributed by atoms with Crippen molar-refractivity contribution in [2.24, 2.45) is 0 Å². The molecule has 8 heteroatoms. The van der Waals surface area contributed by atoms with E-state index in [4.69, 9.17) is 4.74 Å². The summed E-state index contributed by atoms with van der Waals surface area (Å²) in [5.41, 5.74) is -0.980. The van der Waals surface area contributed by atoms with E-state index in [1.54, 1.807) is 22.6 Å². The van der Waals surface area contributed by atoms with E-state index < -0.39 is 29.5 Å². The number of rotatable bonds is 2. The summed E-state index contributed by atoms with van der Waals surface area (Å²) in [6.45, 7) is 1.50. The molecule has 1 fully saturated rings. The van der Waals surface area contributed by atoms with E-state index >= 15 is 0 Å². The molecule has 1 aromatic rings. The Morgan fingerprint density at radius 1 is 1.67 bits per heavy atom. The zero-order valence-corrected chi connectivity index (χ0v) is 11.6. The lowest BCUT2D eigenvalue weighted by molar-refractivity contribution is -0.156. The average Bonchev–Trinajstić information content (AvgIpc) is 2.61. The van der Waals surface area contributed by atoms with E-state index in [2.05, 4.69) is 4.98 Å². The third kappa shape index (κ3) is 2.22. The van der Waals surface area contributed by atoms with Gasteiger partial charge in [-0.3, -0.25) is 14.3 Å². The molecular weight excluding hydrogens is 361 g/mol. The normalized spacial score (nSPS) is 31.8. The van der Waals surface area contributed by atoms with Gasteiger partial charge in [0.25, 0.3) is 11.4 Å². The lowest BCUT2D eigenvalue weighted by atomic mass is 10.2. The van der Waals surface area contributed by atoms with Gasteiger partial charge in [0.05, 0.1) is 4.43 Å². The van der Waals surface area contributed by atoms with Crippen LogP contribution in [0.2, 0.25) is 0 Å². The zero-order valence-electron chi connectivity index (χ0n) is 9.45. The standard InChI is InChI=1S/C10H11F2IN2O3/c1-5-3-15(9(17)14-8(5)16)7-2-6(11)10(12,4-13)18-7/h3,6-7H,2,4H2,1H3,(H,14,16,17)/t6-,7+,10+/m0/s1. The maximum absolute atomic E-state index is 13.9. The molecule has 0 aliphatic carbocycles. The molecule has 1 saturated heterocycles. The average molecular weight is 372 g/mol. The van der Waals surface area contributed by atoms with E-state index in [9.17, 15) is 18.4 Å². The summed E-state index contributed by atoms with van der Waals surface area (Å²) in [5.74, 6) is -2.38. The monoisotopic (exact) mass is 372 g/mol. The number of aromatic nitrogens is 2. The van der Waals surface area contributed by atoms with Crippen LogP contribution >= 0.6 is 22.6 Å². The minimum Gasteiger partial charge on any atom is -0.318 e. The van der Waals surface area contributed by atoms with Gasteiger partial charge >= 0.3 is 5.69 Å². The molecule has 0 amide bonds. The molecule has 1 aromatic heterocycles. The topological polar surface area (TPSA) is 64.1 Å². The number of halogens is 3. The third-order valence-corrected chi connectivity index (χ3v) is 3.89. The van der Waals surface area contributed by atoms with Crippen LogP contribution < -0.4 is 11.2 Å². The predicted octanol–water partition coefficient (Wildman–Crippen LogP) is 1.20. The molecular formula is C10H11F2IN2O3. The fourth-order valence-corrected chi connectivity index (χ4v) is 2.44. The Morgan fingerprint density at radius 3 is 2.89 bits per heavy atom. The minimum absolute atomic E-state index is 0.167. The molecule has 18 heavy (non-hydrogen) atoms. The molecule has 1 aliphatic rings. The summed E-state index contributed by atoms with van der Waals surface area (Å²) < 4.78 is 33.2. The molecule has 0 bridgehead atoms. The smallest absolute Gasteiger partial charge is 0.318 e. The molecule has 5 nitrogen and oxygen atoms in total. The van der Waals surface area contributed by atoms with Crippen molar-refractivity contribution in [2.45, 2.75) is 31.6 Å². The molecule has 1 aliphatic heterocycles. The van der Waals surface area contributed by atoms with Crippen molar-refractivity contribution in [2.75, 3.05) is 4.43 Å². The molecule has 0 radical (unpaired) electrons. The van der Waals surface area contributed by atoms with E-state index in [1.807, 2.05) is 0 Å². The maximum atomic E-state index is 13.9. The number of nitrogens with zero attached hydrogens (tertiary/aromatic N) is 1. The Hall–Kier alpha value is -0.770. The zero-order chi connectivity index (χ0) is 13.5. The van der Waals surface area contributed by atoms with Gasteiger partial charge in [-0.05, 0) is 6.92 Å². The molecule has 0 spiro atoms. The van der Waals surface area contributed by atoms with Gasteiger partial charge in [0.2, 0.25) is 0 Å². The van der Waals surface area contributed by atoms with E-state index in [0.717, 1.165) is 4.57 Å². The fraction of sp³-hybridized carbons (Fsp3) is 0.600. The van der Waals surface area contributed by atoms with Crippen LogP contribution in [-0.4, -0.2) is 26.0 Å². The second kappa shape index (κ2) is 4.72. The Balaban J connectivity index is 2.38. The van der Waals surface area contributed by atoms with Gasteiger partial charge in [0, 0.05) is 18.2 Å². The van der Waals surface area contributed by atoms with Crippen LogP contribution in [0.5, 0.6) is 0 Å². The number of aryl methyl sites for hydroxylation is 1. The Bertz CT molecular complexity index is 573. The predicted molar refractivity (Wildman–Crippen MR) is 68.4 cm³/mol. The Kier molecular flexibility index (Phi) is 3.58. The van der Waals surface area contributed by atoms with Gasteiger partial charge in [0.15, 0.2) is 6.17 Å². The second-order valence-corrected chi connectivity index (χ2v) is 4.94. The van der Waals surface area contributed by atoms with Crippen molar-refractivity contribution in [1.29, 1.82) is 0 Å². The molecule has 0 unspecified atom stereocenters. The first-order valence-corrected chi connectivity index (χ1v) is 6.79. The molecule has 0 saturated carbocycles. The fourth-order valence-electron chi connectivity index (χ4n) is 1.79. The van der Waals surface area contributed by atoms with Crippen LogP contribution in [-0.2, 0) is 4.74 Å². The summed E-state index contributed by atoms with van der Waals surface area (Å²) >= 11 is 1.69. The highest BCUT2D eigenvalue weighted by molar-refractivity contribution is 14.1. The van der Waals surface area contributed by atoms with Crippen LogP contribution in [0.1, 0.15) is 18.2 Å². The molecule has 2 rings (SSSR count). The number of alkyl halides is 3. The van der Waals surface area contributed by atoms with Gasteiger partial charge in [-0.1, -0.05) is 22.6 Å². The van der Waals surface area contributed by atoms with E-state index in [0.29, 0.717) is 0 Å². The van der Waals surface area contributed by atoms with Crippen LogP contribution in [0.15, 0.2) is 15.8 Å². The third-order valence-electron chi connectivity index (χ3n) is 2.85. The summed E-state index contributed by atoms with van der Waals surface area (Å²) in [4.78, 5) is 24.8. The number of ether oxygens (including phenoxy) is 1. The molecule has 1 N–H and O–H groups in total. The second-order valence-electron chi connectivity index (χ2n) is 4.17. The van der Waals surface area contributed by atoms with E-state index in [1.165, 1.54) is 13.1 Å². The van der Waals surface area contributed by atoms with Gasteiger partial charge in [0.1, 0.15) is 6.23 Å². The first-order chi connectivity index (χ1) is 8.37. The summed E-state index contributed by atoms with van der Waals surface area (Å²) in [6.07, 6.45) is -1.84. The summed E-state index contributed by atoms with van der Waals surface area (Å²) in [5, 5.41) is 0. The Morgan fingerprint density at radius 2 is 2.33 bits per heavy atom. The van der Waals surface area contributed by atoms with E-state index in [-0.39, 0.29) is 16.4 Å². The first kappa shape index (κ1) is 13.7. The number of nitrogens with one attached hydrogen (secondary N) is 1. The van der Waals surface area contributed by atoms with Crippen molar-refractivity contribution in [3.63, 3.8) is 0 Å².